The number of nitrogens with zero attached hydrogens (tertiary/aromatic N) is 1. The van der Waals surface area contributed by atoms with E-state index in [2.05, 4.69) is 10.0 Å². The summed E-state index contributed by atoms with van der Waals surface area (Å²) in [4.78, 5) is 13.8. The maximum atomic E-state index is 12.0. The molecule has 0 bridgehead atoms. The van der Waals surface area contributed by atoms with Crippen molar-refractivity contribution in [1.29, 1.82) is 0 Å². The molecular formula is C12H25N3O3S. The molecule has 0 atom stereocenters. The molecule has 1 fully saturated rings. The number of carbonyl (C=O) groups excluding carboxylic acids is 1. The molecule has 0 spiro atoms. The van der Waals surface area contributed by atoms with Crippen molar-refractivity contribution in [3.05, 3.63) is 0 Å². The minimum Gasteiger partial charge on any atom is -0.341 e. The highest BCUT2D eigenvalue weighted by Gasteiger charge is 2.24. The van der Waals surface area contributed by atoms with E-state index in [4.69, 9.17) is 0 Å². The molecule has 6 nitrogen and oxygen atoms in total. The summed E-state index contributed by atoms with van der Waals surface area (Å²) in [6.07, 6.45) is 2.51. The third kappa shape index (κ3) is 6.89. The summed E-state index contributed by atoms with van der Waals surface area (Å²) in [5.74, 6) is 0.0766. The van der Waals surface area contributed by atoms with Crippen LogP contribution in [0.2, 0.25) is 0 Å². The molecule has 1 aliphatic heterocycles. The van der Waals surface area contributed by atoms with Crippen LogP contribution >= 0.6 is 0 Å². The molecule has 1 saturated heterocycles. The van der Waals surface area contributed by atoms with Gasteiger partial charge in [-0.1, -0.05) is 0 Å². The summed E-state index contributed by atoms with van der Waals surface area (Å²) in [6.45, 7) is 7.59. The number of rotatable bonds is 4. The van der Waals surface area contributed by atoms with Crippen molar-refractivity contribution >= 4 is 15.9 Å². The maximum absolute atomic E-state index is 12.0. The number of piperidine rings is 1. The van der Waals surface area contributed by atoms with Gasteiger partial charge in [-0.05, 0) is 33.6 Å². The van der Waals surface area contributed by atoms with Gasteiger partial charge in [-0.2, -0.15) is 0 Å². The van der Waals surface area contributed by atoms with Gasteiger partial charge in [0, 0.05) is 24.7 Å². The minimum atomic E-state index is -3.16. The number of hydrogen-bond donors (Lipinski definition) is 2. The Kier molecular flexibility index (Phi) is 5.34. The van der Waals surface area contributed by atoms with Crippen molar-refractivity contribution in [3.8, 4) is 0 Å². The van der Waals surface area contributed by atoms with Crippen LogP contribution in [0.1, 0.15) is 33.6 Å². The zero-order valence-electron chi connectivity index (χ0n) is 12.2. The SMILES string of the molecule is CC(C)(C)NCC(=O)N1CCC(NS(C)(=O)=O)CC1. The lowest BCUT2D eigenvalue weighted by atomic mass is 10.1. The predicted octanol–water partition coefficient (Wildman–Crippen LogP) is -0.0853. The third-order valence-electron chi connectivity index (χ3n) is 3.00. The van der Waals surface area contributed by atoms with E-state index in [0.717, 1.165) is 6.26 Å². The lowest BCUT2D eigenvalue weighted by Gasteiger charge is -2.33. The largest absolute Gasteiger partial charge is 0.341 e. The smallest absolute Gasteiger partial charge is 0.236 e. The molecule has 0 aromatic heterocycles. The molecular weight excluding hydrogens is 266 g/mol. The number of amides is 1. The van der Waals surface area contributed by atoms with E-state index < -0.39 is 10.0 Å². The summed E-state index contributed by atoms with van der Waals surface area (Å²) < 4.78 is 24.8. The quantitative estimate of drug-likeness (QED) is 0.759. The standard InChI is InChI=1S/C12H25N3O3S/c1-12(2,3)13-9-11(16)15-7-5-10(6-8-15)14-19(4,17)18/h10,13-14H,5-9H2,1-4H3. The molecule has 0 saturated carbocycles. The lowest BCUT2D eigenvalue weighted by Crippen LogP contribution is -2.50. The first-order chi connectivity index (χ1) is 8.57. The molecule has 1 rings (SSSR count). The van der Waals surface area contributed by atoms with Crippen LogP contribution in [-0.2, 0) is 14.8 Å². The second-order valence-corrected chi connectivity index (χ2v) is 7.93. The molecule has 1 aliphatic rings. The first-order valence-electron chi connectivity index (χ1n) is 6.57. The predicted molar refractivity (Wildman–Crippen MR) is 75.3 cm³/mol. The van der Waals surface area contributed by atoms with Crippen LogP contribution in [0.25, 0.3) is 0 Å². The molecule has 0 aliphatic carbocycles. The number of sulfonamides is 1. The van der Waals surface area contributed by atoms with Gasteiger partial charge in [0.15, 0.2) is 0 Å². The Morgan fingerprint density at radius 3 is 2.21 bits per heavy atom. The number of nitrogens with one attached hydrogen (secondary N) is 2. The minimum absolute atomic E-state index is 0.0466. The molecule has 0 unspecified atom stereocenters. The van der Waals surface area contributed by atoms with Crippen LogP contribution in [0.4, 0.5) is 0 Å². The third-order valence-corrected chi connectivity index (χ3v) is 3.76. The first-order valence-corrected chi connectivity index (χ1v) is 8.46. The highest BCUT2D eigenvalue weighted by Crippen LogP contribution is 2.11. The summed E-state index contributed by atoms with van der Waals surface area (Å²) in [7, 11) is -3.16. The summed E-state index contributed by atoms with van der Waals surface area (Å²) in [5, 5.41) is 3.17. The van der Waals surface area contributed by atoms with Crippen LogP contribution in [-0.4, -0.2) is 56.7 Å². The van der Waals surface area contributed by atoms with Crippen LogP contribution in [0.15, 0.2) is 0 Å². The number of carbonyl (C=O) groups is 1. The Bertz CT molecular complexity index is 406. The highest BCUT2D eigenvalue weighted by atomic mass is 32.2. The zero-order valence-corrected chi connectivity index (χ0v) is 13.0. The molecule has 19 heavy (non-hydrogen) atoms. The van der Waals surface area contributed by atoms with Gasteiger partial charge in [-0.25, -0.2) is 13.1 Å². The van der Waals surface area contributed by atoms with Crippen LogP contribution < -0.4 is 10.0 Å². The molecule has 0 aromatic rings. The first kappa shape index (κ1) is 16.4. The Balaban J connectivity index is 2.35. The van der Waals surface area contributed by atoms with Gasteiger partial charge in [0.2, 0.25) is 15.9 Å². The van der Waals surface area contributed by atoms with Gasteiger partial charge in [0.25, 0.3) is 0 Å². The second-order valence-electron chi connectivity index (χ2n) is 6.15. The zero-order chi connectivity index (χ0) is 14.7. The molecule has 112 valence electrons. The van der Waals surface area contributed by atoms with E-state index in [1.807, 2.05) is 20.8 Å². The van der Waals surface area contributed by atoms with Crippen molar-refractivity contribution in [3.63, 3.8) is 0 Å². The summed E-state index contributed by atoms with van der Waals surface area (Å²) >= 11 is 0. The lowest BCUT2D eigenvalue weighted by molar-refractivity contribution is -0.131. The topological polar surface area (TPSA) is 78.5 Å². The summed E-state index contributed by atoms with van der Waals surface area (Å²) in [6, 6.07) is -0.0466. The van der Waals surface area contributed by atoms with E-state index in [1.54, 1.807) is 4.90 Å². The van der Waals surface area contributed by atoms with Gasteiger partial charge in [-0.15, -0.1) is 0 Å². The summed E-state index contributed by atoms with van der Waals surface area (Å²) in [5.41, 5.74) is -0.0776. The Hall–Kier alpha value is -0.660. The van der Waals surface area contributed by atoms with Crippen molar-refractivity contribution in [2.45, 2.75) is 45.2 Å². The van der Waals surface area contributed by atoms with Gasteiger partial charge in [-0.3, -0.25) is 4.79 Å². The Labute approximate surface area is 116 Å². The van der Waals surface area contributed by atoms with E-state index in [-0.39, 0.29) is 17.5 Å². The van der Waals surface area contributed by atoms with Crippen molar-refractivity contribution in [1.82, 2.24) is 14.9 Å². The molecule has 7 heteroatoms. The molecule has 1 amide bonds. The monoisotopic (exact) mass is 291 g/mol. The van der Waals surface area contributed by atoms with Crippen molar-refractivity contribution in [2.75, 3.05) is 25.9 Å². The molecule has 0 radical (unpaired) electrons. The van der Waals surface area contributed by atoms with Gasteiger partial charge < -0.3 is 10.2 Å². The van der Waals surface area contributed by atoms with E-state index in [1.165, 1.54) is 0 Å². The average molecular weight is 291 g/mol. The van der Waals surface area contributed by atoms with Crippen LogP contribution in [0, 0.1) is 0 Å². The van der Waals surface area contributed by atoms with E-state index in [9.17, 15) is 13.2 Å². The van der Waals surface area contributed by atoms with Crippen molar-refractivity contribution in [2.24, 2.45) is 0 Å². The molecule has 2 N–H and O–H groups in total. The Morgan fingerprint density at radius 2 is 1.79 bits per heavy atom. The Morgan fingerprint density at radius 1 is 1.26 bits per heavy atom. The fourth-order valence-electron chi connectivity index (χ4n) is 2.00. The fraction of sp³-hybridized carbons (Fsp3) is 0.917. The molecule has 0 aromatic carbocycles. The normalized spacial score (nSPS) is 18.6. The number of likely N-dealkylation sites (tertiary alicyclic amines) is 1. The number of hydrogen-bond acceptors (Lipinski definition) is 4. The van der Waals surface area contributed by atoms with Gasteiger partial charge in [0.1, 0.15) is 0 Å². The van der Waals surface area contributed by atoms with Crippen LogP contribution in [0.5, 0.6) is 0 Å². The van der Waals surface area contributed by atoms with Crippen LogP contribution in [0.3, 0.4) is 0 Å². The van der Waals surface area contributed by atoms with Gasteiger partial charge >= 0.3 is 0 Å². The van der Waals surface area contributed by atoms with Gasteiger partial charge in [0.05, 0.1) is 12.8 Å². The highest BCUT2D eigenvalue weighted by molar-refractivity contribution is 7.88. The average Bonchev–Trinajstić information content (AvgIpc) is 2.23. The second kappa shape index (κ2) is 6.19. The molecule has 1 heterocycles. The fourth-order valence-corrected chi connectivity index (χ4v) is 2.84. The van der Waals surface area contributed by atoms with E-state index >= 15 is 0 Å². The van der Waals surface area contributed by atoms with Crippen molar-refractivity contribution < 1.29 is 13.2 Å². The maximum Gasteiger partial charge on any atom is 0.236 e. The van der Waals surface area contributed by atoms with E-state index in [0.29, 0.717) is 32.5 Å².